The Kier molecular flexibility index (Phi) is 10.3. The zero-order valence-electron chi connectivity index (χ0n) is 31.3. The average molecular weight is 760 g/mol. The van der Waals surface area contributed by atoms with Crippen LogP contribution in [-0.2, 0) is 24.5 Å². The molecule has 1 spiro atoms. The molecule has 10 nitrogen and oxygen atoms in total. The summed E-state index contributed by atoms with van der Waals surface area (Å²) < 4.78 is 17.5. The molecule has 6 atom stereocenters. The molecule has 3 heterocycles. The van der Waals surface area contributed by atoms with Gasteiger partial charge < -0.3 is 30.0 Å². The van der Waals surface area contributed by atoms with Crippen molar-refractivity contribution >= 4 is 23.5 Å². The van der Waals surface area contributed by atoms with Gasteiger partial charge in [-0.15, -0.1) is 6.58 Å². The molecule has 57 heavy (non-hydrogen) atoms. The van der Waals surface area contributed by atoms with E-state index in [-0.39, 0.29) is 19.8 Å². The second-order valence-electron chi connectivity index (χ2n) is 14.1. The number of anilines is 1. The highest BCUT2D eigenvalue weighted by molar-refractivity contribution is 6.12. The molecule has 2 fully saturated rings. The first-order valence-electron chi connectivity index (χ1n) is 18.8. The Balaban J connectivity index is 1.39. The van der Waals surface area contributed by atoms with Gasteiger partial charge in [-0.25, -0.2) is 0 Å². The molecule has 286 valence electrons. The lowest BCUT2D eigenvalue weighted by molar-refractivity contribution is -0.178. The maximum atomic E-state index is 15.2. The Morgan fingerprint density at radius 2 is 1.51 bits per heavy atom. The van der Waals surface area contributed by atoms with Gasteiger partial charge in [0.1, 0.15) is 35.7 Å². The minimum atomic E-state index is -1.66. The van der Waals surface area contributed by atoms with Crippen molar-refractivity contribution in [1.29, 1.82) is 0 Å². The van der Waals surface area contributed by atoms with Crippen LogP contribution in [0.3, 0.4) is 0 Å². The van der Waals surface area contributed by atoms with Gasteiger partial charge in [-0.3, -0.25) is 19.3 Å². The number of nitrogens with one attached hydrogen (secondary N) is 2. The van der Waals surface area contributed by atoms with E-state index in [2.05, 4.69) is 29.1 Å². The molecule has 6 unspecified atom stereocenters. The first-order valence-corrected chi connectivity index (χ1v) is 18.8. The number of carbonyl (C=O) groups is 3. The standard InChI is InChI=1S/C47H41N3O7/c1-3-26-48-44(52)39-41-45(53)57-42(33-12-8-5-9-13-33)40(32-10-6-4-7-11-32)50(41)43(34-19-23-36(24-20-34)56-28-27-51)47(39)37-29-31(18-25-38(37)49-46(47)54)15-14-30-16-21-35(55-2)22-17-30/h3-13,16-25,29,39-43,51H,1,26-28H2,2H3,(H,48,52)(H,49,54). The van der Waals surface area contributed by atoms with E-state index in [4.69, 9.17) is 14.2 Å². The van der Waals surface area contributed by atoms with Gasteiger partial charge >= 0.3 is 5.97 Å². The van der Waals surface area contributed by atoms with Crippen molar-refractivity contribution in [2.75, 3.05) is 32.2 Å². The summed E-state index contributed by atoms with van der Waals surface area (Å²) in [4.78, 5) is 47.0. The quantitative estimate of drug-likeness (QED) is 0.0895. The van der Waals surface area contributed by atoms with Crippen molar-refractivity contribution in [3.05, 3.63) is 173 Å². The summed E-state index contributed by atoms with van der Waals surface area (Å²) >= 11 is 0. The Morgan fingerprint density at radius 1 is 0.860 bits per heavy atom. The summed E-state index contributed by atoms with van der Waals surface area (Å²) in [7, 11) is 1.60. The minimum absolute atomic E-state index is 0.100. The molecule has 0 bridgehead atoms. The lowest BCUT2D eigenvalue weighted by atomic mass is 9.65. The summed E-state index contributed by atoms with van der Waals surface area (Å²) in [6.07, 6.45) is 0.775. The molecule has 3 aliphatic rings. The average Bonchev–Trinajstić information content (AvgIpc) is 3.73. The van der Waals surface area contributed by atoms with Crippen molar-refractivity contribution in [2.45, 2.75) is 29.6 Å². The van der Waals surface area contributed by atoms with Gasteiger partial charge in [0.2, 0.25) is 11.8 Å². The SMILES string of the molecule is C=CCNC(=O)C1C2C(=O)OC(c3ccccc3)C(c3ccccc3)N2C(c2ccc(OCCO)cc2)C12C(=O)Nc1ccc(C#Cc3ccc(OC)cc3)cc12. The number of cyclic esters (lactones) is 1. The monoisotopic (exact) mass is 759 g/mol. The number of esters is 1. The number of ether oxygens (including phenoxy) is 3. The number of carbonyl (C=O) groups excluding carboxylic acids is 3. The second-order valence-corrected chi connectivity index (χ2v) is 14.1. The van der Waals surface area contributed by atoms with E-state index in [9.17, 15) is 14.7 Å². The largest absolute Gasteiger partial charge is 0.497 e. The fraction of sp³-hybridized carbons (Fsp3) is 0.213. The first-order chi connectivity index (χ1) is 27.9. The van der Waals surface area contributed by atoms with Crippen LogP contribution in [0.5, 0.6) is 11.5 Å². The third-order valence-corrected chi connectivity index (χ3v) is 11.0. The number of benzene rings is 5. The molecule has 0 aliphatic carbocycles. The topological polar surface area (TPSA) is 126 Å². The Bertz CT molecular complexity index is 2360. The molecule has 0 radical (unpaired) electrons. The van der Waals surface area contributed by atoms with E-state index in [1.807, 2.05) is 114 Å². The van der Waals surface area contributed by atoms with Crippen molar-refractivity contribution in [3.8, 4) is 23.3 Å². The number of morpholine rings is 1. The molecule has 2 saturated heterocycles. The number of methoxy groups -OCH3 is 1. The van der Waals surface area contributed by atoms with Crippen molar-refractivity contribution < 1.29 is 33.7 Å². The van der Waals surface area contributed by atoms with Crippen molar-refractivity contribution in [2.24, 2.45) is 5.92 Å². The van der Waals surface area contributed by atoms with Crippen LogP contribution < -0.4 is 20.1 Å². The molecule has 10 heteroatoms. The molecule has 5 aromatic carbocycles. The van der Waals surface area contributed by atoms with Crippen molar-refractivity contribution in [1.82, 2.24) is 10.2 Å². The van der Waals surface area contributed by atoms with E-state index in [1.165, 1.54) is 0 Å². The predicted octanol–water partition coefficient (Wildman–Crippen LogP) is 6.04. The van der Waals surface area contributed by atoms with Gasteiger partial charge in [-0.1, -0.05) is 90.7 Å². The van der Waals surface area contributed by atoms with Crippen LogP contribution in [0.4, 0.5) is 5.69 Å². The predicted molar refractivity (Wildman–Crippen MR) is 214 cm³/mol. The van der Waals surface area contributed by atoms with Gasteiger partial charge in [0.15, 0.2) is 0 Å². The number of aliphatic hydroxyl groups is 1. The number of amides is 2. The molecule has 3 N–H and O–H groups in total. The van der Waals surface area contributed by atoms with Crippen LogP contribution in [0.1, 0.15) is 51.6 Å². The Labute approximate surface area is 331 Å². The number of hydrogen-bond donors (Lipinski definition) is 3. The Morgan fingerprint density at radius 3 is 2.18 bits per heavy atom. The van der Waals surface area contributed by atoms with Crippen LogP contribution in [-0.4, -0.2) is 60.7 Å². The fourth-order valence-corrected chi connectivity index (χ4v) is 8.68. The highest BCUT2D eigenvalue weighted by atomic mass is 16.6. The van der Waals surface area contributed by atoms with E-state index in [1.54, 1.807) is 31.4 Å². The van der Waals surface area contributed by atoms with Gasteiger partial charge in [0.05, 0.1) is 31.7 Å². The van der Waals surface area contributed by atoms with Crippen LogP contribution in [0.15, 0.2) is 140 Å². The molecule has 2 amide bonds. The molecular weight excluding hydrogens is 719 g/mol. The number of aliphatic hydroxyl groups excluding tert-OH is 1. The summed E-state index contributed by atoms with van der Waals surface area (Å²) in [6.45, 7) is 3.86. The third-order valence-electron chi connectivity index (χ3n) is 11.0. The molecule has 0 saturated carbocycles. The highest BCUT2D eigenvalue weighted by Gasteiger charge is 2.74. The smallest absolute Gasteiger partial charge is 0.324 e. The maximum absolute atomic E-state index is 15.2. The molecule has 5 aromatic rings. The van der Waals surface area contributed by atoms with Gasteiger partial charge in [-0.05, 0) is 76.9 Å². The normalized spacial score (nSPS) is 23.3. The zero-order valence-corrected chi connectivity index (χ0v) is 31.3. The summed E-state index contributed by atoms with van der Waals surface area (Å²) in [5, 5.41) is 15.5. The fourth-order valence-electron chi connectivity index (χ4n) is 8.68. The molecule has 0 aromatic heterocycles. The van der Waals surface area contributed by atoms with E-state index in [0.717, 1.165) is 16.7 Å². The molecule has 8 rings (SSSR count). The van der Waals surface area contributed by atoms with E-state index >= 15 is 4.79 Å². The highest BCUT2D eigenvalue weighted by Crippen LogP contribution is 2.64. The van der Waals surface area contributed by atoms with Crippen LogP contribution >= 0.6 is 0 Å². The Hall–Kier alpha value is -6.67. The van der Waals surface area contributed by atoms with Crippen LogP contribution in [0.2, 0.25) is 0 Å². The van der Waals surface area contributed by atoms with Gasteiger partial charge in [-0.2, -0.15) is 0 Å². The third kappa shape index (κ3) is 6.61. The summed E-state index contributed by atoms with van der Waals surface area (Å²) in [5.41, 5.74) is 3.08. The number of fused-ring (bicyclic) bond motifs is 3. The van der Waals surface area contributed by atoms with Gasteiger partial charge in [0.25, 0.3) is 0 Å². The molecule has 3 aliphatic heterocycles. The van der Waals surface area contributed by atoms with Gasteiger partial charge in [0, 0.05) is 23.4 Å². The second kappa shape index (κ2) is 15.8. The van der Waals surface area contributed by atoms with Crippen LogP contribution in [0, 0.1) is 17.8 Å². The minimum Gasteiger partial charge on any atom is -0.497 e. The zero-order chi connectivity index (χ0) is 39.5. The number of rotatable bonds is 10. The number of nitrogens with zero attached hydrogens (tertiary/aromatic N) is 1. The lowest BCUT2D eigenvalue weighted by Crippen LogP contribution is -2.54. The van der Waals surface area contributed by atoms with Crippen LogP contribution in [0.25, 0.3) is 0 Å². The summed E-state index contributed by atoms with van der Waals surface area (Å²) in [5.74, 6) is 4.92. The number of hydrogen-bond acceptors (Lipinski definition) is 8. The first kappa shape index (κ1) is 37.3. The maximum Gasteiger partial charge on any atom is 0.324 e. The van der Waals surface area contributed by atoms with E-state index < -0.39 is 53.3 Å². The van der Waals surface area contributed by atoms with Crippen molar-refractivity contribution in [3.63, 3.8) is 0 Å². The molecular formula is C47H41N3O7. The van der Waals surface area contributed by atoms with E-state index in [0.29, 0.717) is 33.9 Å². The lowest BCUT2D eigenvalue weighted by Gasteiger charge is -2.46. The summed E-state index contributed by atoms with van der Waals surface area (Å²) in [6, 6.07) is 36.7.